The second-order valence-electron chi connectivity index (χ2n) is 6.01. The van der Waals surface area contributed by atoms with Crippen LogP contribution < -0.4 is 10.6 Å². The molecule has 1 aromatic heterocycles. The van der Waals surface area contributed by atoms with E-state index in [2.05, 4.69) is 25.2 Å². The van der Waals surface area contributed by atoms with Crippen molar-refractivity contribution in [2.75, 3.05) is 40.0 Å². The van der Waals surface area contributed by atoms with Crippen LogP contribution in [0.3, 0.4) is 0 Å². The van der Waals surface area contributed by atoms with Gasteiger partial charge in [-0.2, -0.15) is 0 Å². The molecule has 1 aliphatic heterocycles. The molecule has 0 spiro atoms. The molecule has 0 amide bonds. The number of aromatic nitrogens is 2. The van der Waals surface area contributed by atoms with Crippen LogP contribution in [0.5, 0.6) is 0 Å². The number of hydrogen-bond acceptors (Lipinski definition) is 4. The van der Waals surface area contributed by atoms with E-state index in [-0.39, 0.29) is 0 Å². The number of ether oxygens (including phenoxy) is 2. The topological polar surface area (TPSA) is 72.7 Å². The number of rotatable bonds is 10. The van der Waals surface area contributed by atoms with Gasteiger partial charge in [0.25, 0.3) is 0 Å². The first-order valence-corrected chi connectivity index (χ1v) is 8.91. The van der Waals surface area contributed by atoms with Gasteiger partial charge in [0.05, 0.1) is 12.7 Å². The smallest absolute Gasteiger partial charge is 0.190 e. The molecule has 1 saturated heterocycles. The van der Waals surface area contributed by atoms with Crippen molar-refractivity contribution in [2.24, 2.45) is 4.99 Å². The van der Waals surface area contributed by atoms with E-state index in [0.29, 0.717) is 6.10 Å². The molecule has 7 nitrogen and oxygen atoms in total. The minimum absolute atomic E-state index is 0.293. The third kappa shape index (κ3) is 6.88. The van der Waals surface area contributed by atoms with Gasteiger partial charge >= 0.3 is 0 Å². The van der Waals surface area contributed by atoms with Crippen LogP contribution in [-0.4, -0.2) is 61.6 Å². The average molecular weight is 337 g/mol. The zero-order valence-electron chi connectivity index (χ0n) is 15.0. The Balaban J connectivity index is 1.45. The third-order valence-electron chi connectivity index (χ3n) is 4.12. The van der Waals surface area contributed by atoms with E-state index in [0.717, 1.165) is 76.9 Å². The number of nitrogens with one attached hydrogen (secondary N) is 2. The maximum Gasteiger partial charge on any atom is 0.190 e. The molecule has 0 radical (unpaired) electrons. The third-order valence-corrected chi connectivity index (χ3v) is 4.12. The molecule has 1 fully saturated rings. The number of guanidine groups is 1. The standard InChI is InChI=1S/C17H31N5O2/c1-15-19-9-11-22(15)10-4-3-7-20-17(18-2)21-8-5-12-24-16-6-13-23-14-16/h9,11,16H,3-8,10,12-14H2,1-2H3,(H2,18,20,21). The molecule has 0 aliphatic carbocycles. The van der Waals surface area contributed by atoms with E-state index >= 15 is 0 Å². The SMILES string of the molecule is CN=C(NCCCCn1ccnc1C)NCCCOC1CCOC1. The van der Waals surface area contributed by atoms with Crippen molar-refractivity contribution >= 4 is 5.96 Å². The molecule has 0 bridgehead atoms. The summed E-state index contributed by atoms with van der Waals surface area (Å²) in [6.45, 7) is 7.18. The Morgan fingerprint density at radius 2 is 2.21 bits per heavy atom. The quantitative estimate of drug-likeness (QED) is 0.383. The van der Waals surface area contributed by atoms with Crippen LogP contribution in [0.4, 0.5) is 0 Å². The van der Waals surface area contributed by atoms with Crippen LogP contribution in [-0.2, 0) is 16.0 Å². The highest BCUT2D eigenvalue weighted by Gasteiger charge is 2.15. The Labute approximate surface area is 144 Å². The number of aliphatic imine (C=N–C) groups is 1. The van der Waals surface area contributed by atoms with Crippen molar-refractivity contribution in [3.63, 3.8) is 0 Å². The summed E-state index contributed by atoms with van der Waals surface area (Å²) < 4.78 is 13.2. The van der Waals surface area contributed by atoms with E-state index in [1.165, 1.54) is 0 Å². The summed E-state index contributed by atoms with van der Waals surface area (Å²) >= 11 is 0. The first-order valence-electron chi connectivity index (χ1n) is 8.91. The molecule has 136 valence electrons. The number of unbranched alkanes of at least 4 members (excludes halogenated alkanes) is 1. The van der Waals surface area contributed by atoms with Crippen LogP contribution in [0.25, 0.3) is 0 Å². The van der Waals surface area contributed by atoms with Crippen LogP contribution in [0.15, 0.2) is 17.4 Å². The Bertz CT molecular complexity index is 483. The fourth-order valence-electron chi connectivity index (χ4n) is 2.65. The van der Waals surface area contributed by atoms with Gasteiger partial charge in [-0.05, 0) is 32.6 Å². The van der Waals surface area contributed by atoms with Crippen molar-refractivity contribution in [1.29, 1.82) is 0 Å². The Morgan fingerprint density at radius 1 is 1.38 bits per heavy atom. The number of imidazole rings is 1. The van der Waals surface area contributed by atoms with Gasteiger partial charge in [0, 0.05) is 52.3 Å². The molecule has 2 heterocycles. The molecule has 24 heavy (non-hydrogen) atoms. The summed E-state index contributed by atoms with van der Waals surface area (Å²) in [5.74, 6) is 1.94. The summed E-state index contributed by atoms with van der Waals surface area (Å²) in [6, 6.07) is 0. The maximum absolute atomic E-state index is 5.74. The number of nitrogens with zero attached hydrogens (tertiary/aromatic N) is 3. The molecule has 1 aromatic rings. The fraction of sp³-hybridized carbons (Fsp3) is 0.765. The normalized spacial score (nSPS) is 18.1. The zero-order valence-corrected chi connectivity index (χ0v) is 15.0. The maximum atomic E-state index is 5.74. The Hall–Kier alpha value is -1.60. The second-order valence-corrected chi connectivity index (χ2v) is 6.01. The molecule has 2 rings (SSSR count). The van der Waals surface area contributed by atoms with Gasteiger partial charge in [-0.15, -0.1) is 0 Å². The van der Waals surface area contributed by atoms with Crippen molar-refractivity contribution in [2.45, 2.75) is 45.3 Å². The predicted molar refractivity (Wildman–Crippen MR) is 95.4 cm³/mol. The lowest BCUT2D eigenvalue weighted by molar-refractivity contribution is 0.0420. The van der Waals surface area contributed by atoms with Gasteiger partial charge < -0.3 is 24.7 Å². The Kier molecular flexibility index (Phi) is 8.62. The highest BCUT2D eigenvalue weighted by atomic mass is 16.5. The minimum atomic E-state index is 0.293. The molecule has 0 aromatic carbocycles. The van der Waals surface area contributed by atoms with Crippen molar-refractivity contribution in [1.82, 2.24) is 20.2 Å². The van der Waals surface area contributed by atoms with Crippen molar-refractivity contribution < 1.29 is 9.47 Å². The first kappa shape index (κ1) is 18.7. The fourth-order valence-corrected chi connectivity index (χ4v) is 2.65. The largest absolute Gasteiger partial charge is 0.379 e. The van der Waals surface area contributed by atoms with Crippen LogP contribution >= 0.6 is 0 Å². The van der Waals surface area contributed by atoms with E-state index in [9.17, 15) is 0 Å². The van der Waals surface area contributed by atoms with Crippen LogP contribution in [0, 0.1) is 6.92 Å². The van der Waals surface area contributed by atoms with Gasteiger partial charge in [-0.1, -0.05) is 0 Å². The summed E-state index contributed by atoms with van der Waals surface area (Å²) in [4.78, 5) is 8.48. The summed E-state index contributed by atoms with van der Waals surface area (Å²) in [5, 5.41) is 6.67. The highest BCUT2D eigenvalue weighted by Crippen LogP contribution is 2.07. The molecule has 1 aliphatic rings. The summed E-state index contributed by atoms with van der Waals surface area (Å²) in [6.07, 6.45) is 8.39. The molecule has 2 N–H and O–H groups in total. The molecule has 1 unspecified atom stereocenters. The summed E-state index contributed by atoms with van der Waals surface area (Å²) in [7, 11) is 1.80. The van der Waals surface area contributed by atoms with Gasteiger partial charge in [0.15, 0.2) is 5.96 Å². The monoisotopic (exact) mass is 337 g/mol. The second kappa shape index (κ2) is 11.0. The first-order chi connectivity index (χ1) is 11.8. The van der Waals surface area contributed by atoms with E-state index < -0.39 is 0 Å². The van der Waals surface area contributed by atoms with Crippen molar-refractivity contribution in [3.05, 3.63) is 18.2 Å². The van der Waals surface area contributed by atoms with Gasteiger partial charge in [0.2, 0.25) is 0 Å². The summed E-state index contributed by atoms with van der Waals surface area (Å²) in [5.41, 5.74) is 0. The molecule has 7 heteroatoms. The lowest BCUT2D eigenvalue weighted by Gasteiger charge is -2.13. The van der Waals surface area contributed by atoms with Gasteiger partial charge in [0.1, 0.15) is 5.82 Å². The molecule has 0 saturated carbocycles. The Morgan fingerprint density at radius 3 is 2.88 bits per heavy atom. The molecular formula is C17H31N5O2. The number of hydrogen-bond donors (Lipinski definition) is 2. The lowest BCUT2D eigenvalue weighted by Crippen LogP contribution is -2.38. The minimum Gasteiger partial charge on any atom is -0.379 e. The molecular weight excluding hydrogens is 306 g/mol. The average Bonchev–Trinajstić information content (AvgIpc) is 3.24. The zero-order chi connectivity index (χ0) is 17.0. The van der Waals surface area contributed by atoms with Crippen molar-refractivity contribution in [3.8, 4) is 0 Å². The highest BCUT2D eigenvalue weighted by molar-refractivity contribution is 5.79. The lowest BCUT2D eigenvalue weighted by atomic mass is 10.3. The van der Waals surface area contributed by atoms with Crippen LogP contribution in [0.2, 0.25) is 0 Å². The van der Waals surface area contributed by atoms with Gasteiger partial charge in [-0.25, -0.2) is 4.98 Å². The van der Waals surface area contributed by atoms with E-state index in [4.69, 9.17) is 9.47 Å². The van der Waals surface area contributed by atoms with E-state index in [1.807, 2.05) is 19.3 Å². The van der Waals surface area contributed by atoms with Gasteiger partial charge in [-0.3, -0.25) is 4.99 Å². The van der Waals surface area contributed by atoms with E-state index in [1.54, 1.807) is 7.05 Å². The predicted octanol–water partition coefficient (Wildman–Crippen LogP) is 1.33. The number of aryl methyl sites for hydroxylation is 2. The van der Waals surface area contributed by atoms with Crippen LogP contribution in [0.1, 0.15) is 31.5 Å². The molecule has 1 atom stereocenters.